The molecule has 0 unspecified atom stereocenters. The molecule has 0 bridgehead atoms. The molecule has 1 aromatic heterocycles. The first-order valence-electron chi connectivity index (χ1n) is 6.24. The van der Waals surface area contributed by atoms with E-state index in [0.29, 0.717) is 11.5 Å². The molecule has 2 rings (SSSR count). The van der Waals surface area contributed by atoms with Crippen LogP contribution in [0.5, 0.6) is 11.5 Å². The van der Waals surface area contributed by atoms with Gasteiger partial charge in [-0.05, 0) is 23.8 Å². The Labute approximate surface area is 121 Å². The van der Waals surface area contributed by atoms with Gasteiger partial charge in [0.1, 0.15) is 0 Å². The third-order valence-corrected chi connectivity index (χ3v) is 2.92. The van der Waals surface area contributed by atoms with Gasteiger partial charge in [-0.15, -0.1) is 0 Å². The number of carbonyl (C=O) groups is 1. The molecule has 1 aromatic carbocycles. The minimum Gasteiger partial charge on any atom is -0.493 e. The summed E-state index contributed by atoms with van der Waals surface area (Å²) in [5, 5.41) is 2.64. The summed E-state index contributed by atoms with van der Waals surface area (Å²) in [4.78, 5) is 15.5. The number of amides is 1. The first-order chi connectivity index (χ1) is 10.2. The molecule has 110 valence electrons. The van der Waals surface area contributed by atoms with Crippen molar-refractivity contribution in [3.63, 3.8) is 0 Å². The molecule has 0 aliphatic carbocycles. The second-order valence-corrected chi connectivity index (χ2v) is 4.23. The zero-order chi connectivity index (χ0) is 15.2. The van der Waals surface area contributed by atoms with Crippen molar-refractivity contribution in [2.24, 2.45) is 0 Å². The quantitative estimate of drug-likeness (QED) is 0.916. The van der Waals surface area contributed by atoms with Gasteiger partial charge in [-0.2, -0.15) is 0 Å². The normalized spacial score (nSPS) is 10.0. The van der Waals surface area contributed by atoms with E-state index in [2.05, 4.69) is 10.3 Å². The summed E-state index contributed by atoms with van der Waals surface area (Å²) >= 11 is 0. The lowest BCUT2D eigenvalue weighted by molar-refractivity contribution is 0.0946. The number of carbonyl (C=O) groups excluding carboxylic acids is 1. The van der Waals surface area contributed by atoms with Crippen LogP contribution in [-0.2, 0) is 6.54 Å². The predicted molar refractivity (Wildman–Crippen MR) is 74.9 cm³/mol. The molecule has 1 N–H and O–H groups in total. The number of benzene rings is 1. The largest absolute Gasteiger partial charge is 0.493 e. The van der Waals surface area contributed by atoms with Crippen molar-refractivity contribution < 1.29 is 18.7 Å². The van der Waals surface area contributed by atoms with Gasteiger partial charge in [0.05, 0.1) is 26.0 Å². The van der Waals surface area contributed by atoms with E-state index in [9.17, 15) is 9.18 Å². The van der Waals surface area contributed by atoms with Crippen molar-refractivity contribution >= 4 is 5.91 Å². The molecule has 1 heterocycles. The zero-order valence-corrected chi connectivity index (χ0v) is 11.7. The van der Waals surface area contributed by atoms with Crippen LogP contribution in [0.1, 0.15) is 15.9 Å². The second kappa shape index (κ2) is 6.69. The average molecular weight is 290 g/mol. The highest BCUT2D eigenvalue weighted by Crippen LogP contribution is 2.27. The number of halogens is 1. The SMILES string of the molecule is COc1ccc(CNC(=O)c2ccncc2F)cc1OC. The van der Waals surface area contributed by atoms with Crippen molar-refractivity contribution in [2.75, 3.05) is 14.2 Å². The molecule has 2 aromatic rings. The van der Waals surface area contributed by atoms with E-state index in [1.165, 1.54) is 19.4 Å². The van der Waals surface area contributed by atoms with Gasteiger partial charge < -0.3 is 14.8 Å². The summed E-state index contributed by atoms with van der Waals surface area (Å²) in [5.41, 5.74) is 0.779. The van der Waals surface area contributed by atoms with Crippen LogP contribution in [-0.4, -0.2) is 25.1 Å². The van der Waals surface area contributed by atoms with Crippen LogP contribution in [0.4, 0.5) is 4.39 Å². The third-order valence-electron chi connectivity index (χ3n) is 2.92. The van der Waals surface area contributed by atoms with Gasteiger partial charge in [-0.1, -0.05) is 6.07 Å². The molecular weight excluding hydrogens is 275 g/mol. The number of hydrogen-bond donors (Lipinski definition) is 1. The van der Waals surface area contributed by atoms with E-state index < -0.39 is 11.7 Å². The van der Waals surface area contributed by atoms with Gasteiger partial charge in [-0.25, -0.2) is 4.39 Å². The van der Waals surface area contributed by atoms with Gasteiger partial charge in [0.2, 0.25) is 0 Å². The monoisotopic (exact) mass is 290 g/mol. The molecule has 0 saturated heterocycles. The van der Waals surface area contributed by atoms with Crippen LogP contribution in [0.2, 0.25) is 0 Å². The second-order valence-electron chi connectivity index (χ2n) is 4.23. The summed E-state index contributed by atoms with van der Waals surface area (Å²) in [6.07, 6.45) is 2.37. The maximum absolute atomic E-state index is 13.4. The van der Waals surface area contributed by atoms with E-state index in [1.807, 2.05) is 0 Å². The van der Waals surface area contributed by atoms with Gasteiger partial charge in [0, 0.05) is 12.7 Å². The van der Waals surface area contributed by atoms with Gasteiger partial charge in [0.15, 0.2) is 17.3 Å². The topological polar surface area (TPSA) is 60.5 Å². The number of aromatic nitrogens is 1. The lowest BCUT2D eigenvalue weighted by Crippen LogP contribution is -2.23. The Morgan fingerprint density at radius 3 is 2.67 bits per heavy atom. The minimum atomic E-state index is -0.651. The average Bonchev–Trinajstić information content (AvgIpc) is 2.52. The maximum atomic E-state index is 13.4. The number of ether oxygens (including phenoxy) is 2. The highest BCUT2D eigenvalue weighted by atomic mass is 19.1. The fourth-order valence-electron chi connectivity index (χ4n) is 1.83. The van der Waals surface area contributed by atoms with Crippen molar-refractivity contribution in [1.82, 2.24) is 10.3 Å². The van der Waals surface area contributed by atoms with E-state index in [1.54, 1.807) is 25.3 Å². The fraction of sp³-hybridized carbons (Fsp3) is 0.200. The maximum Gasteiger partial charge on any atom is 0.254 e. The smallest absolute Gasteiger partial charge is 0.254 e. The molecule has 0 aliphatic rings. The molecule has 1 amide bonds. The molecule has 5 nitrogen and oxygen atoms in total. The van der Waals surface area contributed by atoms with Crippen molar-refractivity contribution in [2.45, 2.75) is 6.54 Å². The van der Waals surface area contributed by atoms with E-state index in [4.69, 9.17) is 9.47 Å². The number of rotatable bonds is 5. The van der Waals surface area contributed by atoms with E-state index in [-0.39, 0.29) is 12.1 Å². The van der Waals surface area contributed by atoms with E-state index >= 15 is 0 Å². The summed E-state index contributed by atoms with van der Waals surface area (Å²) in [7, 11) is 3.08. The molecule has 21 heavy (non-hydrogen) atoms. The Bertz CT molecular complexity index is 647. The predicted octanol–water partition coefficient (Wildman–Crippen LogP) is 2.17. The molecule has 0 aliphatic heterocycles. The first-order valence-corrected chi connectivity index (χ1v) is 6.24. The van der Waals surface area contributed by atoms with Crippen LogP contribution in [0.25, 0.3) is 0 Å². The fourth-order valence-corrected chi connectivity index (χ4v) is 1.83. The number of methoxy groups -OCH3 is 2. The number of nitrogens with zero attached hydrogens (tertiary/aromatic N) is 1. The minimum absolute atomic E-state index is 0.0366. The Hall–Kier alpha value is -2.63. The summed E-state index contributed by atoms with van der Waals surface area (Å²) < 4.78 is 23.7. The Morgan fingerprint density at radius 1 is 1.24 bits per heavy atom. The summed E-state index contributed by atoms with van der Waals surface area (Å²) in [6.45, 7) is 0.251. The van der Waals surface area contributed by atoms with Crippen molar-refractivity contribution in [3.05, 3.63) is 53.6 Å². The number of hydrogen-bond acceptors (Lipinski definition) is 4. The zero-order valence-electron chi connectivity index (χ0n) is 11.7. The highest BCUT2D eigenvalue weighted by molar-refractivity contribution is 5.94. The standard InChI is InChI=1S/C15H15FN2O3/c1-20-13-4-3-10(7-14(13)21-2)8-18-15(19)11-5-6-17-9-12(11)16/h3-7,9H,8H2,1-2H3,(H,18,19). The van der Waals surface area contributed by atoms with Gasteiger partial charge >= 0.3 is 0 Å². The van der Waals surface area contributed by atoms with E-state index in [0.717, 1.165) is 11.8 Å². The Kier molecular flexibility index (Phi) is 4.71. The van der Waals surface area contributed by atoms with Crippen LogP contribution in [0, 0.1) is 5.82 Å². The van der Waals surface area contributed by atoms with Crippen molar-refractivity contribution in [3.8, 4) is 11.5 Å². The van der Waals surface area contributed by atoms with Gasteiger partial charge in [-0.3, -0.25) is 9.78 Å². The Morgan fingerprint density at radius 2 is 2.00 bits per heavy atom. The lowest BCUT2D eigenvalue weighted by Gasteiger charge is -2.10. The molecule has 0 saturated carbocycles. The molecule has 0 atom stereocenters. The summed E-state index contributed by atoms with van der Waals surface area (Å²) in [6, 6.07) is 6.62. The summed E-state index contributed by atoms with van der Waals surface area (Å²) in [5.74, 6) is 0.0269. The molecule has 0 radical (unpaired) electrons. The van der Waals surface area contributed by atoms with Crippen LogP contribution in [0.15, 0.2) is 36.7 Å². The first kappa shape index (κ1) is 14.8. The van der Waals surface area contributed by atoms with Crippen LogP contribution in [0.3, 0.4) is 0 Å². The number of nitrogens with one attached hydrogen (secondary N) is 1. The van der Waals surface area contributed by atoms with Crippen molar-refractivity contribution in [1.29, 1.82) is 0 Å². The Balaban J connectivity index is 2.06. The molecule has 0 spiro atoms. The number of pyridine rings is 1. The third kappa shape index (κ3) is 3.47. The lowest BCUT2D eigenvalue weighted by atomic mass is 10.2. The molecule has 6 heteroatoms. The van der Waals surface area contributed by atoms with Crippen LogP contribution >= 0.6 is 0 Å². The van der Waals surface area contributed by atoms with Gasteiger partial charge in [0.25, 0.3) is 5.91 Å². The highest BCUT2D eigenvalue weighted by Gasteiger charge is 2.11. The molecular formula is C15H15FN2O3. The van der Waals surface area contributed by atoms with Crippen LogP contribution < -0.4 is 14.8 Å². The molecule has 0 fully saturated rings.